The average molecular weight is 235 g/mol. The van der Waals surface area contributed by atoms with Crippen LogP contribution in [0.15, 0.2) is 24.5 Å². The first-order chi connectivity index (χ1) is 8.06. The Morgan fingerprint density at radius 2 is 2.00 bits per heavy atom. The highest BCUT2D eigenvalue weighted by Crippen LogP contribution is 2.08. The monoisotopic (exact) mass is 235 g/mol. The molecule has 0 radical (unpaired) electrons. The van der Waals surface area contributed by atoms with Gasteiger partial charge < -0.3 is 11.1 Å². The zero-order valence-electron chi connectivity index (χ0n) is 10.0. The Morgan fingerprint density at radius 1 is 1.41 bits per heavy atom. The second-order valence-corrected chi connectivity index (χ2v) is 3.97. The molecular formula is C12H17N3O2. The van der Waals surface area contributed by atoms with Gasteiger partial charge in [0.15, 0.2) is 0 Å². The average Bonchev–Trinajstić information content (AvgIpc) is 2.35. The van der Waals surface area contributed by atoms with Crippen molar-refractivity contribution >= 4 is 11.8 Å². The Hall–Kier alpha value is -1.91. The number of hydrogen-bond acceptors (Lipinski definition) is 3. The zero-order chi connectivity index (χ0) is 12.8. The Kier molecular flexibility index (Phi) is 4.63. The van der Waals surface area contributed by atoms with Crippen LogP contribution < -0.4 is 11.1 Å². The van der Waals surface area contributed by atoms with Crippen LogP contribution >= 0.6 is 0 Å². The predicted molar refractivity (Wildman–Crippen MR) is 64.1 cm³/mol. The number of amides is 2. The number of carbonyl (C=O) groups excluding carboxylic acids is 2. The summed E-state index contributed by atoms with van der Waals surface area (Å²) in [6, 6.07) is 2.54. The minimum absolute atomic E-state index is 0.0123. The van der Waals surface area contributed by atoms with E-state index in [0.29, 0.717) is 5.56 Å². The van der Waals surface area contributed by atoms with Crippen molar-refractivity contribution in [3.05, 3.63) is 30.1 Å². The van der Waals surface area contributed by atoms with E-state index < -0.39 is 11.9 Å². The van der Waals surface area contributed by atoms with Crippen LogP contribution in [0.1, 0.15) is 30.6 Å². The van der Waals surface area contributed by atoms with Crippen LogP contribution in [0.5, 0.6) is 0 Å². The topological polar surface area (TPSA) is 85.1 Å². The Morgan fingerprint density at radius 3 is 2.47 bits per heavy atom. The van der Waals surface area contributed by atoms with E-state index >= 15 is 0 Å². The number of nitrogens with two attached hydrogens (primary N) is 1. The van der Waals surface area contributed by atoms with E-state index in [1.54, 1.807) is 12.1 Å². The normalized spacial score (nSPS) is 13.8. The highest BCUT2D eigenvalue weighted by molar-refractivity contribution is 5.97. The highest BCUT2D eigenvalue weighted by Gasteiger charge is 2.23. The molecule has 5 nitrogen and oxygen atoms in total. The lowest BCUT2D eigenvalue weighted by Gasteiger charge is -2.21. The summed E-state index contributed by atoms with van der Waals surface area (Å²) in [7, 11) is 0. The number of primary amides is 1. The lowest BCUT2D eigenvalue weighted by molar-refractivity contribution is -0.120. The van der Waals surface area contributed by atoms with Gasteiger partial charge in [0.25, 0.3) is 5.91 Å². The third kappa shape index (κ3) is 3.55. The Balaban J connectivity index is 2.75. The molecule has 2 atom stereocenters. The van der Waals surface area contributed by atoms with Gasteiger partial charge in [-0.15, -0.1) is 0 Å². The third-order valence-corrected chi connectivity index (χ3v) is 2.75. The maximum atomic E-state index is 11.8. The molecule has 0 aliphatic heterocycles. The molecule has 1 aromatic rings. The number of aromatic nitrogens is 1. The fourth-order valence-electron chi connectivity index (χ4n) is 1.46. The second-order valence-electron chi connectivity index (χ2n) is 3.97. The van der Waals surface area contributed by atoms with E-state index in [9.17, 15) is 9.59 Å². The number of pyridine rings is 1. The maximum Gasteiger partial charge on any atom is 0.252 e. The number of nitrogens with zero attached hydrogens (tertiary/aromatic N) is 1. The molecule has 92 valence electrons. The minimum atomic E-state index is -0.638. The number of rotatable bonds is 5. The summed E-state index contributed by atoms with van der Waals surface area (Å²) in [5.74, 6) is -0.809. The minimum Gasteiger partial charge on any atom is -0.368 e. The van der Waals surface area contributed by atoms with E-state index in [-0.39, 0.29) is 11.8 Å². The van der Waals surface area contributed by atoms with Gasteiger partial charge in [-0.05, 0) is 18.1 Å². The zero-order valence-corrected chi connectivity index (χ0v) is 10.0. The van der Waals surface area contributed by atoms with Crippen molar-refractivity contribution in [1.29, 1.82) is 0 Å². The van der Waals surface area contributed by atoms with Crippen LogP contribution in [0.3, 0.4) is 0 Å². The summed E-state index contributed by atoms with van der Waals surface area (Å²) < 4.78 is 0. The summed E-state index contributed by atoms with van der Waals surface area (Å²) in [5.41, 5.74) is 5.74. The molecule has 17 heavy (non-hydrogen) atoms. The van der Waals surface area contributed by atoms with Gasteiger partial charge in [0.05, 0.1) is 0 Å². The van der Waals surface area contributed by atoms with Gasteiger partial charge in [-0.2, -0.15) is 0 Å². The van der Waals surface area contributed by atoms with Gasteiger partial charge in [0, 0.05) is 18.0 Å². The van der Waals surface area contributed by atoms with Crippen molar-refractivity contribution in [3.8, 4) is 0 Å². The van der Waals surface area contributed by atoms with Crippen molar-refractivity contribution in [1.82, 2.24) is 10.3 Å². The van der Waals surface area contributed by atoms with E-state index in [2.05, 4.69) is 10.3 Å². The molecule has 1 aromatic heterocycles. The lowest BCUT2D eigenvalue weighted by atomic mass is 9.98. The van der Waals surface area contributed by atoms with Crippen LogP contribution in [0.4, 0.5) is 0 Å². The van der Waals surface area contributed by atoms with Crippen LogP contribution in [0, 0.1) is 5.92 Å². The molecule has 0 aliphatic carbocycles. The van der Waals surface area contributed by atoms with Crippen LogP contribution in [0.25, 0.3) is 0 Å². The van der Waals surface area contributed by atoms with Gasteiger partial charge in [0.2, 0.25) is 5.91 Å². The van der Waals surface area contributed by atoms with Crippen LogP contribution in [-0.4, -0.2) is 22.8 Å². The van der Waals surface area contributed by atoms with Gasteiger partial charge >= 0.3 is 0 Å². The highest BCUT2D eigenvalue weighted by atomic mass is 16.2. The predicted octanol–water partition coefficient (Wildman–Crippen LogP) is 0.711. The molecule has 0 fully saturated rings. The van der Waals surface area contributed by atoms with Crippen molar-refractivity contribution < 1.29 is 9.59 Å². The quantitative estimate of drug-likeness (QED) is 0.788. The molecular weight excluding hydrogens is 218 g/mol. The molecule has 0 saturated heterocycles. The van der Waals surface area contributed by atoms with E-state index in [4.69, 9.17) is 5.73 Å². The SMILES string of the molecule is CC[C@H](C)[C@H](NC(=O)c1ccncc1)C(N)=O. The molecule has 0 spiro atoms. The Bertz CT molecular complexity index is 392. The largest absolute Gasteiger partial charge is 0.368 e. The van der Waals surface area contributed by atoms with Crippen LogP contribution in [-0.2, 0) is 4.79 Å². The maximum absolute atomic E-state index is 11.8. The number of nitrogens with one attached hydrogen (secondary N) is 1. The van der Waals surface area contributed by atoms with Crippen LogP contribution in [0.2, 0.25) is 0 Å². The molecule has 0 unspecified atom stereocenters. The van der Waals surface area contributed by atoms with Crippen molar-refractivity contribution in [2.24, 2.45) is 11.7 Å². The summed E-state index contributed by atoms with van der Waals surface area (Å²) in [5, 5.41) is 2.64. The molecule has 1 rings (SSSR count). The molecule has 5 heteroatoms. The first-order valence-electron chi connectivity index (χ1n) is 5.56. The summed E-state index contributed by atoms with van der Waals surface area (Å²) in [4.78, 5) is 26.9. The van der Waals surface area contributed by atoms with Crippen molar-refractivity contribution in [2.45, 2.75) is 26.3 Å². The summed E-state index contributed by atoms with van der Waals surface area (Å²) in [6.45, 7) is 3.82. The van der Waals surface area contributed by atoms with Crippen molar-refractivity contribution in [2.75, 3.05) is 0 Å². The molecule has 0 aliphatic rings. The first-order valence-corrected chi connectivity index (χ1v) is 5.56. The van der Waals surface area contributed by atoms with Gasteiger partial charge in [0.1, 0.15) is 6.04 Å². The Labute approximate surface area is 100 Å². The molecule has 0 bridgehead atoms. The van der Waals surface area contributed by atoms with Crippen molar-refractivity contribution in [3.63, 3.8) is 0 Å². The number of carbonyl (C=O) groups is 2. The molecule has 2 amide bonds. The van der Waals surface area contributed by atoms with Gasteiger partial charge in [-0.25, -0.2) is 0 Å². The second kappa shape index (κ2) is 5.98. The van der Waals surface area contributed by atoms with E-state index in [1.165, 1.54) is 12.4 Å². The molecule has 3 N–H and O–H groups in total. The first kappa shape index (κ1) is 13.2. The van der Waals surface area contributed by atoms with Gasteiger partial charge in [-0.3, -0.25) is 14.6 Å². The smallest absolute Gasteiger partial charge is 0.252 e. The molecule has 1 heterocycles. The summed E-state index contributed by atoms with van der Waals surface area (Å²) >= 11 is 0. The standard InChI is InChI=1S/C12H17N3O2/c1-3-8(2)10(11(13)16)15-12(17)9-4-6-14-7-5-9/h4-8,10H,3H2,1-2H3,(H2,13,16)(H,15,17)/t8-,10-/m0/s1. The molecule has 0 aromatic carbocycles. The molecule has 0 saturated carbocycles. The number of hydrogen-bond donors (Lipinski definition) is 2. The van der Waals surface area contributed by atoms with E-state index in [1.807, 2.05) is 13.8 Å². The van der Waals surface area contributed by atoms with E-state index in [0.717, 1.165) is 6.42 Å². The lowest BCUT2D eigenvalue weighted by Crippen LogP contribution is -2.48. The van der Waals surface area contributed by atoms with Gasteiger partial charge in [-0.1, -0.05) is 20.3 Å². The fraction of sp³-hybridized carbons (Fsp3) is 0.417. The summed E-state index contributed by atoms with van der Waals surface area (Å²) in [6.07, 6.45) is 3.82. The fourth-order valence-corrected chi connectivity index (χ4v) is 1.46. The third-order valence-electron chi connectivity index (χ3n) is 2.75.